The van der Waals surface area contributed by atoms with Gasteiger partial charge in [-0.05, 0) is 30.9 Å². The second-order valence-corrected chi connectivity index (χ2v) is 6.10. The van der Waals surface area contributed by atoms with Crippen molar-refractivity contribution >= 4 is 17.2 Å². The Labute approximate surface area is 122 Å². The minimum atomic E-state index is 0.122. The zero-order chi connectivity index (χ0) is 13.8. The van der Waals surface area contributed by atoms with Gasteiger partial charge < -0.3 is 4.90 Å². The van der Waals surface area contributed by atoms with Gasteiger partial charge in [0.15, 0.2) is 0 Å². The topological polar surface area (TPSA) is 46.1 Å². The molecule has 0 spiro atoms. The first kappa shape index (κ1) is 13.2. The summed E-state index contributed by atoms with van der Waals surface area (Å²) < 4.78 is 0. The van der Waals surface area contributed by atoms with Crippen LogP contribution in [0.1, 0.15) is 28.2 Å². The van der Waals surface area contributed by atoms with Crippen LogP contribution >= 0.6 is 11.3 Å². The van der Waals surface area contributed by atoms with E-state index in [2.05, 4.69) is 9.97 Å². The molecule has 1 aliphatic heterocycles. The van der Waals surface area contributed by atoms with E-state index in [0.29, 0.717) is 5.92 Å². The van der Waals surface area contributed by atoms with Crippen molar-refractivity contribution < 1.29 is 4.79 Å². The van der Waals surface area contributed by atoms with E-state index in [9.17, 15) is 4.79 Å². The van der Waals surface area contributed by atoms with Crippen LogP contribution in [0.4, 0.5) is 0 Å². The molecule has 5 heteroatoms. The van der Waals surface area contributed by atoms with Gasteiger partial charge in [-0.1, -0.05) is 0 Å². The summed E-state index contributed by atoms with van der Waals surface area (Å²) >= 11 is 1.70. The van der Waals surface area contributed by atoms with Gasteiger partial charge in [0.25, 0.3) is 5.91 Å². The average molecular weight is 287 g/mol. The van der Waals surface area contributed by atoms with Gasteiger partial charge in [-0.25, -0.2) is 4.98 Å². The molecule has 2 aromatic heterocycles. The van der Waals surface area contributed by atoms with Crippen LogP contribution < -0.4 is 0 Å². The normalized spacial score (nSPS) is 19.0. The first-order valence-electron chi connectivity index (χ1n) is 6.90. The second-order valence-electron chi connectivity index (χ2n) is 5.13. The third kappa shape index (κ3) is 3.04. The van der Waals surface area contributed by atoms with Crippen molar-refractivity contribution in [2.24, 2.45) is 5.92 Å². The lowest BCUT2D eigenvalue weighted by atomic mass is 9.94. The maximum atomic E-state index is 12.4. The molecule has 0 bridgehead atoms. The van der Waals surface area contributed by atoms with E-state index >= 15 is 0 Å². The van der Waals surface area contributed by atoms with Crippen LogP contribution in [0, 0.1) is 5.92 Å². The number of likely N-dealkylation sites (tertiary alicyclic amines) is 1. The van der Waals surface area contributed by atoms with Gasteiger partial charge in [-0.15, -0.1) is 11.3 Å². The van der Waals surface area contributed by atoms with E-state index in [1.54, 1.807) is 35.9 Å². The number of nitrogens with zero attached hydrogens (tertiary/aromatic N) is 3. The SMILES string of the molecule is O=C(c1ccncc1)N1CCCC(Cc2nccs2)C1. The predicted octanol–water partition coefficient (Wildman–Crippen LogP) is 2.63. The highest BCUT2D eigenvalue weighted by Gasteiger charge is 2.25. The zero-order valence-corrected chi connectivity index (χ0v) is 12.1. The summed E-state index contributed by atoms with van der Waals surface area (Å²) in [5, 5.41) is 3.19. The highest BCUT2D eigenvalue weighted by Crippen LogP contribution is 2.22. The minimum absolute atomic E-state index is 0.122. The number of aromatic nitrogens is 2. The molecule has 1 amide bonds. The van der Waals surface area contributed by atoms with Crippen LogP contribution in [0.25, 0.3) is 0 Å². The Morgan fingerprint density at radius 2 is 2.20 bits per heavy atom. The molecule has 20 heavy (non-hydrogen) atoms. The number of carbonyl (C=O) groups is 1. The number of amides is 1. The average Bonchev–Trinajstić information content (AvgIpc) is 3.01. The summed E-state index contributed by atoms with van der Waals surface area (Å²) in [6, 6.07) is 3.57. The van der Waals surface area contributed by atoms with Crippen molar-refractivity contribution in [1.82, 2.24) is 14.9 Å². The lowest BCUT2D eigenvalue weighted by molar-refractivity contribution is 0.0673. The molecule has 0 radical (unpaired) electrons. The van der Waals surface area contributed by atoms with Gasteiger partial charge in [-0.3, -0.25) is 9.78 Å². The molecule has 0 aromatic carbocycles. The van der Waals surface area contributed by atoms with Crippen LogP contribution in [-0.4, -0.2) is 33.9 Å². The molecule has 0 N–H and O–H groups in total. The number of hydrogen-bond acceptors (Lipinski definition) is 4. The first-order chi connectivity index (χ1) is 9.83. The van der Waals surface area contributed by atoms with Gasteiger partial charge in [-0.2, -0.15) is 0 Å². The fraction of sp³-hybridized carbons (Fsp3) is 0.400. The van der Waals surface area contributed by atoms with Crippen molar-refractivity contribution in [1.29, 1.82) is 0 Å². The second kappa shape index (κ2) is 6.13. The molecule has 1 saturated heterocycles. The van der Waals surface area contributed by atoms with E-state index < -0.39 is 0 Å². The number of piperidine rings is 1. The maximum absolute atomic E-state index is 12.4. The maximum Gasteiger partial charge on any atom is 0.253 e. The molecule has 104 valence electrons. The van der Waals surface area contributed by atoms with Crippen molar-refractivity contribution in [2.75, 3.05) is 13.1 Å². The molecule has 0 saturated carbocycles. The summed E-state index contributed by atoms with van der Waals surface area (Å²) in [6.45, 7) is 1.69. The molecule has 2 aromatic rings. The quantitative estimate of drug-likeness (QED) is 0.872. The summed E-state index contributed by atoms with van der Waals surface area (Å²) in [7, 11) is 0. The van der Waals surface area contributed by atoms with E-state index in [0.717, 1.165) is 31.5 Å². The predicted molar refractivity (Wildman–Crippen MR) is 78.7 cm³/mol. The highest BCUT2D eigenvalue weighted by molar-refractivity contribution is 7.09. The Balaban J connectivity index is 1.64. The van der Waals surface area contributed by atoms with Crippen LogP contribution in [0.15, 0.2) is 36.1 Å². The fourth-order valence-corrected chi connectivity index (χ4v) is 3.43. The molecule has 1 unspecified atom stereocenters. The summed E-state index contributed by atoms with van der Waals surface area (Å²) in [6.07, 6.45) is 8.43. The molecular weight excluding hydrogens is 270 g/mol. The fourth-order valence-electron chi connectivity index (χ4n) is 2.69. The molecule has 0 aliphatic carbocycles. The monoisotopic (exact) mass is 287 g/mol. The lowest BCUT2D eigenvalue weighted by Gasteiger charge is -2.32. The largest absolute Gasteiger partial charge is 0.338 e. The van der Waals surface area contributed by atoms with Crippen molar-refractivity contribution in [2.45, 2.75) is 19.3 Å². The first-order valence-corrected chi connectivity index (χ1v) is 7.78. The molecule has 1 fully saturated rings. The lowest BCUT2D eigenvalue weighted by Crippen LogP contribution is -2.40. The molecule has 3 heterocycles. The Morgan fingerprint density at radius 1 is 1.35 bits per heavy atom. The number of carbonyl (C=O) groups excluding carboxylic acids is 1. The van der Waals surface area contributed by atoms with Gasteiger partial charge in [0.2, 0.25) is 0 Å². The summed E-state index contributed by atoms with van der Waals surface area (Å²) in [5.41, 5.74) is 0.731. The van der Waals surface area contributed by atoms with Crippen LogP contribution in [-0.2, 0) is 6.42 Å². The van der Waals surface area contributed by atoms with Gasteiger partial charge in [0, 0.05) is 49.0 Å². The zero-order valence-electron chi connectivity index (χ0n) is 11.2. The smallest absolute Gasteiger partial charge is 0.253 e. The standard InChI is InChI=1S/C15H17N3OS/c19-15(13-3-5-16-6-4-13)18-8-1-2-12(11-18)10-14-17-7-9-20-14/h3-7,9,12H,1-2,8,10-11H2. The van der Waals surface area contributed by atoms with Crippen LogP contribution in [0.2, 0.25) is 0 Å². The van der Waals surface area contributed by atoms with Crippen molar-refractivity contribution in [3.63, 3.8) is 0 Å². The molecule has 3 rings (SSSR count). The number of thiazole rings is 1. The van der Waals surface area contributed by atoms with E-state index in [4.69, 9.17) is 0 Å². The molecule has 1 atom stereocenters. The Bertz CT molecular complexity index is 556. The minimum Gasteiger partial charge on any atom is -0.338 e. The molecular formula is C15H17N3OS. The number of rotatable bonds is 3. The molecule has 1 aliphatic rings. The van der Waals surface area contributed by atoms with E-state index in [1.807, 2.05) is 16.5 Å². The van der Waals surface area contributed by atoms with Crippen molar-refractivity contribution in [3.8, 4) is 0 Å². The Morgan fingerprint density at radius 3 is 2.95 bits per heavy atom. The highest BCUT2D eigenvalue weighted by atomic mass is 32.1. The van der Waals surface area contributed by atoms with Crippen molar-refractivity contribution in [3.05, 3.63) is 46.7 Å². The van der Waals surface area contributed by atoms with E-state index in [1.165, 1.54) is 11.4 Å². The Hall–Kier alpha value is -1.75. The summed E-state index contributed by atoms with van der Waals surface area (Å²) in [5.74, 6) is 0.650. The third-order valence-electron chi connectivity index (χ3n) is 3.68. The Kier molecular flexibility index (Phi) is 4.06. The molecule has 4 nitrogen and oxygen atoms in total. The van der Waals surface area contributed by atoms with Gasteiger partial charge in [0.05, 0.1) is 5.01 Å². The van der Waals surface area contributed by atoms with E-state index in [-0.39, 0.29) is 5.91 Å². The van der Waals surface area contributed by atoms with Gasteiger partial charge >= 0.3 is 0 Å². The van der Waals surface area contributed by atoms with Crippen LogP contribution in [0.5, 0.6) is 0 Å². The number of pyridine rings is 1. The number of hydrogen-bond donors (Lipinski definition) is 0. The van der Waals surface area contributed by atoms with Crippen LogP contribution in [0.3, 0.4) is 0 Å². The van der Waals surface area contributed by atoms with Gasteiger partial charge in [0.1, 0.15) is 0 Å². The summed E-state index contributed by atoms with van der Waals surface area (Å²) in [4.78, 5) is 22.7. The third-order valence-corrected chi connectivity index (χ3v) is 4.48.